The molecule has 3 heteroatoms. The molecule has 3 aromatic rings. The van der Waals surface area contributed by atoms with Crippen LogP contribution in [-0.4, -0.2) is 0 Å². The Labute approximate surface area is 98.8 Å². The van der Waals surface area contributed by atoms with Gasteiger partial charge in [-0.1, -0.05) is 24.3 Å². The number of nitrogens with two attached hydrogens (primary N) is 3. The molecule has 0 spiro atoms. The molecule has 0 aliphatic heterocycles. The van der Waals surface area contributed by atoms with Crippen molar-refractivity contribution in [1.29, 1.82) is 0 Å². The Morgan fingerprint density at radius 1 is 0.647 bits per heavy atom. The Morgan fingerprint density at radius 3 is 1.59 bits per heavy atom. The summed E-state index contributed by atoms with van der Waals surface area (Å²) in [7, 11) is 0. The lowest BCUT2D eigenvalue weighted by atomic mass is 9.99. The second-order valence-electron chi connectivity index (χ2n) is 4.18. The maximum absolute atomic E-state index is 6.20. The van der Waals surface area contributed by atoms with E-state index in [4.69, 9.17) is 17.2 Å². The Hall–Kier alpha value is -2.42. The largest absolute Gasteiger partial charge is 0.398 e. The van der Waals surface area contributed by atoms with Crippen LogP contribution >= 0.6 is 0 Å². The molecular weight excluding hydrogens is 210 g/mol. The third-order valence-electron chi connectivity index (χ3n) is 3.11. The molecule has 0 saturated heterocycles. The molecule has 0 aliphatic carbocycles. The van der Waals surface area contributed by atoms with E-state index in [-0.39, 0.29) is 0 Å². The highest BCUT2D eigenvalue weighted by atomic mass is 14.6. The molecule has 84 valence electrons. The number of fused-ring (bicyclic) bond motifs is 2. The van der Waals surface area contributed by atoms with Gasteiger partial charge in [-0.3, -0.25) is 0 Å². The molecule has 0 aromatic heterocycles. The topological polar surface area (TPSA) is 78.1 Å². The fourth-order valence-corrected chi connectivity index (χ4v) is 2.33. The summed E-state index contributed by atoms with van der Waals surface area (Å²) in [5.74, 6) is 0. The molecule has 0 heterocycles. The highest BCUT2D eigenvalue weighted by Gasteiger charge is 2.08. The van der Waals surface area contributed by atoms with Crippen molar-refractivity contribution in [3.8, 4) is 0 Å². The summed E-state index contributed by atoms with van der Waals surface area (Å²) >= 11 is 0. The quantitative estimate of drug-likeness (QED) is 0.405. The first kappa shape index (κ1) is 9.78. The highest BCUT2D eigenvalue weighted by Crippen LogP contribution is 2.36. The SMILES string of the molecule is Nc1cccc2cc3cccc(N)c3c(N)c12. The molecule has 0 aliphatic rings. The molecule has 0 bridgehead atoms. The maximum atomic E-state index is 6.20. The Morgan fingerprint density at radius 2 is 1.12 bits per heavy atom. The van der Waals surface area contributed by atoms with Crippen LogP contribution in [0.5, 0.6) is 0 Å². The van der Waals surface area contributed by atoms with Crippen molar-refractivity contribution in [3.63, 3.8) is 0 Å². The minimum Gasteiger partial charge on any atom is -0.398 e. The van der Waals surface area contributed by atoms with Gasteiger partial charge in [0.2, 0.25) is 0 Å². The third kappa shape index (κ3) is 1.29. The predicted molar refractivity (Wildman–Crippen MR) is 74.7 cm³/mol. The van der Waals surface area contributed by atoms with Gasteiger partial charge in [-0.2, -0.15) is 0 Å². The fraction of sp³-hybridized carbons (Fsp3) is 0. The number of nitrogen functional groups attached to an aromatic ring is 3. The van der Waals surface area contributed by atoms with E-state index in [1.807, 2.05) is 36.4 Å². The van der Waals surface area contributed by atoms with E-state index in [9.17, 15) is 0 Å². The molecule has 0 fully saturated rings. The minimum absolute atomic E-state index is 0.661. The molecule has 0 radical (unpaired) electrons. The lowest BCUT2D eigenvalue weighted by molar-refractivity contribution is 1.72. The first-order valence-corrected chi connectivity index (χ1v) is 5.43. The van der Waals surface area contributed by atoms with E-state index >= 15 is 0 Å². The molecule has 6 N–H and O–H groups in total. The summed E-state index contributed by atoms with van der Waals surface area (Å²) in [5.41, 5.74) is 20.2. The van der Waals surface area contributed by atoms with E-state index in [1.165, 1.54) is 0 Å². The summed E-state index contributed by atoms with van der Waals surface area (Å²) in [6.07, 6.45) is 0. The van der Waals surface area contributed by atoms with Crippen molar-refractivity contribution in [2.75, 3.05) is 17.2 Å². The van der Waals surface area contributed by atoms with Crippen molar-refractivity contribution in [1.82, 2.24) is 0 Å². The normalized spacial score (nSPS) is 11.1. The van der Waals surface area contributed by atoms with Crippen molar-refractivity contribution in [2.45, 2.75) is 0 Å². The van der Waals surface area contributed by atoms with Crippen molar-refractivity contribution >= 4 is 38.6 Å². The second-order valence-corrected chi connectivity index (χ2v) is 4.18. The van der Waals surface area contributed by atoms with Gasteiger partial charge >= 0.3 is 0 Å². The number of benzene rings is 3. The van der Waals surface area contributed by atoms with Gasteiger partial charge in [0.05, 0.1) is 5.69 Å². The van der Waals surface area contributed by atoms with Crippen molar-refractivity contribution in [2.24, 2.45) is 0 Å². The molecule has 0 amide bonds. The molecular formula is C14H13N3. The number of rotatable bonds is 0. The van der Waals surface area contributed by atoms with E-state index in [0.29, 0.717) is 17.1 Å². The van der Waals surface area contributed by atoms with Gasteiger partial charge in [-0.05, 0) is 29.0 Å². The first-order chi connectivity index (χ1) is 8.18. The molecule has 3 rings (SSSR count). The van der Waals surface area contributed by atoms with Crippen LogP contribution < -0.4 is 17.2 Å². The standard InChI is InChI=1S/C14H13N3/c15-10-5-1-3-8-7-9-4-2-6-11(16)13(9)14(17)12(8)10/h1-7H,15-17H2. The first-order valence-electron chi connectivity index (χ1n) is 5.43. The van der Waals surface area contributed by atoms with E-state index in [0.717, 1.165) is 21.5 Å². The molecule has 3 aromatic carbocycles. The second kappa shape index (κ2) is 3.28. The van der Waals surface area contributed by atoms with Crippen molar-refractivity contribution in [3.05, 3.63) is 42.5 Å². The summed E-state index contributed by atoms with van der Waals surface area (Å²) in [6, 6.07) is 13.6. The summed E-state index contributed by atoms with van der Waals surface area (Å²) < 4.78 is 0. The smallest absolute Gasteiger partial charge is 0.0515 e. The zero-order valence-electron chi connectivity index (χ0n) is 9.27. The predicted octanol–water partition coefficient (Wildman–Crippen LogP) is 2.74. The third-order valence-corrected chi connectivity index (χ3v) is 3.11. The van der Waals surface area contributed by atoms with Crippen LogP contribution in [-0.2, 0) is 0 Å². The van der Waals surface area contributed by atoms with Crippen LogP contribution in [0.3, 0.4) is 0 Å². The molecule has 17 heavy (non-hydrogen) atoms. The van der Waals surface area contributed by atoms with E-state index < -0.39 is 0 Å². The maximum Gasteiger partial charge on any atom is 0.0515 e. The van der Waals surface area contributed by atoms with Gasteiger partial charge in [0.1, 0.15) is 0 Å². The molecule has 0 atom stereocenters. The van der Waals surface area contributed by atoms with Crippen LogP contribution in [0.4, 0.5) is 17.1 Å². The zero-order chi connectivity index (χ0) is 12.0. The van der Waals surface area contributed by atoms with Crippen LogP contribution in [0, 0.1) is 0 Å². The van der Waals surface area contributed by atoms with Gasteiger partial charge < -0.3 is 17.2 Å². The minimum atomic E-state index is 0.661. The van der Waals surface area contributed by atoms with Crippen LogP contribution in [0.1, 0.15) is 0 Å². The fourth-order valence-electron chi connectivity index (χ4n) is 2.33. The lowest BCUT2D eigenvalue weighted by Crippen LogP contribution is -1.96. The van der Waals surface area contributed by atoms with Gasteiger partial charge in [-0.25, -0.2) is 0 Å². The Kier molecular flexibility index (Phi) is 1.89. The van der Waals surface area contributed by atoms with Gasteiger partial charge in [-0.15, -0.1) is 0 Å². The lowest BCUT2D eigenvalue weighted by Gasteiger charge is -2.11. The zero-order valence-corrected chi connectivity index (χ0v) is 9.27. The van der Waals surface area contributed by atoms with Gasteiger partial charge in [0.25, 0.3) is 0 Å². The molecule has 3 nitrogen and oxygen atoms in total. The Balaban J connectivity index is 2.64. The monoisotopic (exact) mass is 223 g/mol. The van der Waals surface area contributed by atoms with Gasteiger partial charge in [0.15, 0.2) is 0 Å². The molecule has 0 unspecified atom stereocenters. The van der Waals surface area contributed by atoms with E-state index in [1.54, 1.807) is 0 Å². The average Bonchev–Trinajstić information content (AvgIpc) is 2.28. The Bertz CT molecular complexity index is 672. The number of hydrogen-bond acceptors (Lipinski definition) is 3. The van der Waals surface area contributed by atoms with Crippen LogP contribution in [0.25, 0.3) is 21.5 Å². The number of hydrogen-bond donors (Lipinski definition) is 3. The summed E-state index contributed by atoms with van der Waals surface area (Å²) in [5, 5.41) is 3.86. The summed E-state index contributed by atoms with van der Waals surface area (Å²) in [4.78, 5) is 0. The van der Waals surface area contributed by atoms with E-state index in [2.05, 4.69) is 6.07 Å². The van der Waals surface area contributed by atoms with Crippen LogP contribution in [0.15, 0.2) is 42.5 Å². The average molecular weight is 223 g/mol. The highest BCUT2D eigenvalue weighted by molar-refractivity contribution is 6.17. The van der Waals surface area contributed by atoms with Crippen molar-refractivity contribution < 1.29 is 0 Å². The molecule has 0 saturated carbocycles. The van der Waals surface area contributed by atoms with Crippen LogP contribution in [0.2, 0.25) is 0 Å². The summed E-state index contributed by atoms with van der Waals surface area (Å²) in [6.45, 7) is 0. The number of anilines is 3. The van der Waals surface area contributed by atoms with Gasteiger partial charge in [0, 0.05) is 22.1 Å².